The van der Waals surface area contributed by atoms with E-state index in [2.05, 4.69) is 0 Å². The summed E-state index contributed by atoms with van der Waals surface area (Å²) in [7, 11) is 0. The first kappa shape index (κ1) is 12.8. The van der Waals surface area contributed by atoms with Gasteiger partial charge in [0.05, 0.1) is 12.5 Å². The van der Waals surface area contributed by atoms with Crippen molar-refractivity contribution in [1.29, 1.82) is 0 Å². The predicted octanol–water partition coefficient (Wildman–Crippen LogP) is 1.76. The van der Waals surface area contributed by atoms with Crippen LogP contribution in [0.2, 0.25) is 0 Å². The molecule has 1 aliphatic carbocycles. The maximum Gasteiger partial charge on any atom is 0.307 e. The zero-order chi connectivity index (χ0) is 12.1. The maximum absolute atomic E-state index is 11.7. The van der Waals surface area contributed by atoms with E-state index in [1.54, 1.807) is 0 Å². The first-order valence-corrected chi connectivity index (χ1v) is 6.74. The first-order chi connectivity index (χ1) is 8.18. The van der Waals surface area contributed by atoms with Crippen LogP contribution in [-0.4, -0.2) is 30.8 Å². The number of carbonyl (C=O) groups is 1. The van der Waals surface area contributed by atoms with Crippen LogP contribution in [0.5, 0.6) is 0 Å². The molecule has 0 radical (unpaired) electrons. The summed E-state index contributed by atoms with van der Waals surface area (Å²) in [5.41, 5.74) is 5.90. The van der Waals surface area contributed by atoms with E-state index in [0.717, 1.165) is 45.1 Å². The van der Waals surface area contributed by atoms with Gasteiger partial charge in [0, 0.05) is 12.1 Å². The molecule has 1 atom stereocenters. The number of carbonyl (C=O) groups excluding carboxylic acids is 1. The molecule has 1 aliphatic heterocycles. The van der Waals surface area contributed by atoms with E-state index in [4.69, 9.17) is 15.2 Å². The fourth-order valence-electron chi connectivity index (χ4n) is 2.73. The second kappa shape index (κ2) is 5.83. The molecule has 1 saturated heterocycles. The Morgan fingerprint density at radius 2 is 2.06 bits per heavy atom. The Kier molecular flexibility index (Phi) is 4.40. The minimum atomic E-state index is -0.314. The third-order valence-electron chi connectivity index (χ3n) is 3.80. The Balaban J connectivity index is 1.68. The molecular formula is C13H23NO3. The third kappa shape index (κ3) is 3.96. The molecule has 2 fully saturated rings. The molecule has 2 aliphatic rings. The van der Waals surface area contributed by atoms with Crippen LogP contribution in [-0.2, 0) is 14.3 Å². The minimum Gasteiger partial charge on any atom is -0.463 e. The lowest BCUT2D eigenvalue weighted by atomic mass is 9.80. The van der Waals surface area contributed by atoms with Crippen molar-refractivity contribution in [3.8, 4) is 0 Å². The summed E-state index contributed by atoms with van der Waals surface area (Å²) < 4.78 is 10.7. The van der Waals surface area contributed by atoms with Crippen LogP contribution in [0.1, 0.15) is 51.4 Å². The average Bonchev–Trinajstić information content (AvgIpc) is 2.79. The lowest BCUT2D eigenvalue weighted by molar-refractivity contribution is -0.148. The maximum atomic E-state index is 11.7. The van der Waals surface area contributed by atoms with Gasteiger partial charge >= 0.3 is 5.97 Å². The van der Waals surface area contributed by atoms with Gasteiger partial charge in [-0.05, 0) is 25.7 Å². The number of rotatable bonds is 4. The fraction of sp³-hybridized carbons (Fsp3) is 0.923. The highest BCUT2D eigenvalue weighted by Gasteiger charge is 2.31. The monoisotopic (exact) mass is 241 g/mol. The van der Waals surface area contributed by atoms with Crippen molar-refractivity contribution in [2.75, 3.05) is 13.2 Å². The van der Waals surface area contributed by atoms with E-state index >= 15 is 0 Å². The molecule has 2 N–H and O–H groups in total. The Labute approximate surface area is 103 Å². The van der Waals surface area contributed by atoms with Gasteiger partial charge in [0.15, 0.2) is 0 Å². The molecule has 2 rings (SSSR count). The van der Waals surface area contributed by atoms with E-state index < -0.39 is 0 Å². The lowest BCUT2D eigenvalue weighted by Crippen LogP contribution is -2.44. The van der Waals surface area contributed by atoms with Crippen LogP contribution >= 0.6 is 0 Å². The van der Waals surface area contributed by atoms with Gasteiger partial charge in [0.25, 0.3) is 0 Å². The fourth-order valence-corrected chi connectivity index (χ4v) is 2.73. The van der Waals surface area contributed by atoms with Crippen molar-refractivity contribution in [1.82, 2.24) is 0 Å². The van der Waals surface area contributed by atoms with E-state index in [1.165, 1.54) is 6.42 Å². The van der Waals surface area contributed by atoms with Crippen LogP contribution in [0, 0.1) is 0 Å². The Morgan fingerprint density at radius 3 is 2.71 bits per heavy atom. The van der Waals surface area contributed by atoms with Crippen LogP contribution < -0.4 is 5.73 Å². The molecule has 1 unspecified atom stereocenters. The highest BCUT2D eigenvalue weighted by Crippen LogP contribution is 2.29. The molecule has 0 amide bonds. The number of esters is 1. The third-order valence-corrected chi connectivity index (χ3v) is 3.80. The normalized spacial score (nSPS) is 27.9. The molecule has 0 aromatic carbocycles. The van der Waals surface area contributed by atoms with Crippen molar-refractivity contribution in [3.05, 3.63) is 0 Å². The molecule has 4 nitrogen and oxygen atoms in total. The van der Waals surface area contributed by atoms with Crippen LogP contribution in [0.15, 0.2) is 0 Å². The number of nitrogens with two attached hydrogens (primary N) is 1. The number of ether oxygens (including phenoxy) is 2. The van der Waals surface area contributed by atoms with Gasteiger partial charge in [0.2, 0.25) is 0 Å². The van der Waals surface area contributed by atoms with E-state index in [9.17, 15) is 4.79 Å². The largest absolute Gasteiger partial charge is 0.463 e. The minimum absolute atomic E-state index is 0.110. The quantitative estimate of drug-likeness (QED) is 0.762. The molecular weight excluding hydrogens is 218 g/mol. The Bertz CT molecular complexity index is 255. The van der Waals surface area contributed by atoms with Crippen molar-refractivity contribution < 1.29 is 14.3 Å². The smallest absolute Gasteiger partial charge is 0.307 e. The summed E-state index contributed by atoms with van der Waals surface area (Å²) in [6.45, 7) is 1.19. The summed E-state index contributed by atoms with van der Waals surface area (Å²) in [6.07, 6.45) is 7.95. The number of hydrogen-bond donors (Lipinski definition) is 1. The second-order valence-corrected chi connectivity index (χ2v) is 5.42. The van der Waals surface area contributed by atoms with Crippen molar-refractivity contribution in [2.24, 2.45) is 5.73 Å². The van der Waals surface area contributed by atoms with Crippen LogP contribution in [0.4, 0.5) is 0 Å². The van der Waals surface area contributed by atoms with Gasteiger partial charge in [-0.1, -0.05) is 19.3 Å². The Morgan fingerprint density at radius 1 is 1.29 bits per heavy atom. The summed E-state index contributed by atoms with van der Waals surface area (Å²) >= 11 is 0. The van der Waals surface area contributed by atoms with E-state index in [1.807, 2.05) is 0 Å². The van der Waals surface area contributed by atoms with E-state index in [-0.39, 0.29) is 17.6 Å². The van der Waals surface area contributed by atoms with Crippen LogP contribution in [0.3, 0.4) is 0 Å². The molecule has 0 spiro atoms. The van der Waals surface area contributed by atoms with Crippen molar-refractivity contribution in [3.63, 3.8) is 0 Å². The number of hydrogen-bond acceptors (Lipinski definition) is 4. The summed E-state index contributed by atoms with van der Waals surface area (Å²) in [4.78, 5) is 11.7. The molecule has 0 bridgehead atoms. The standard InChI is InChI=1S/C13H23NO3/c14-13(6-2-1-3-7-13)9-12(15)17-10-11-5-4-8-16-11/h11H,1-10,14H2. The Hall–Kier alpha value is -0.610. The molecule has 0 aromatic rings. The second-order valence-electron chi connectivity index (χ2n) is 5.42. The van der Waals surface area contributed by atoms with Crippen LogP contribution in [0.25, 0.3) is 0 Å². The SMILES string of the molecule is NC1(CC(=O)OCC2CCCO2)CCCCC1. The molecule has 1 saturated carbocycles. The summed E-state index contributed by atoms with van der Waals surface area (Å²) in [6, 6.07) is 0. The van der Waals surface area contributed by atoms with Crippen molar-refractivity contribution in [2.45, 2.75) is 63.0 Å². The molecule has 17 heavy (non-hydrogen) atoms. The highest BCUT2D eigenvalue weighted by atomic mass is 16.6. The topological polar surface area (TPSA) is 61.6 Å². The van der Waals surface area contributed by atoms with Gasteiger partial charge in [-0.2, -0.15) is 0 Å². The summed E-state index contributed by atoms with van der Waals surface area (Å²) in [5, 5.41) is 0. The molecule has 1 heterocycles. The highest BCUT2D eigenvalue weighted by molar-refractivity contribution is 5.70. The van der Waals surface area contributed by atoms with E-state index in [0.29, 0.717) is 13.0 Å². The molecule has 98 valence electrons. The predicted molar refractivity (Wildman–Crippen MR) is 64.6 cm³/mol. The first-order valence-electron chi connectivity index (χ1n) is 6.74. The molecule has 0 aromatic heterocycles. The van der Waals surface area contributed by atoms with Gasteiger partial charge < -0.3 is 15.2 Å². The average molecular weight is 241 g/mol. The summed E-state index contributed by atoms with van der Waals surface area (Å²) in [5.74, 6) is -0.162. The van der Waals surface area contributed by atoms with Gasteiger partial charge in [0.1, 0.15) is 6.61 Å². The lowest BCUT2D eigenvalue weighted by Gasteiger charge is -2.32. The van der Waals surface area contributed by atoms with Gasteiger partial charge in [-0.15, -0.1) is 0 Å². The van der Waals surface area contributed by atoms with Gasteiger partial charge in [-0.25, -0.2) is 0 Å². The van der Waals surface area contributed by atoms with Crippen molar-refractivity contribution >= 4 is 5.97 Å². The van der Waals surface area contributed by atoms with Gasteiger partial charge in [-0.3, -0.25) is 4.79 Å². The zero-order valence-corrected chi connectivity index (χ0v) is 10.5. The zero-order valence-electron chi connectivity index (χ0n) is 10.5. The molecule has 4 heteroatoms.